The van der Waals surface area contributed by atoms with Crippen LogP contribution in [0.5, 0.6) is 0 Å². The van der Waals surface area contributed by atoms with Gasteiger partial charge in [0.2, 0.25) is 5.91 Å². The molecule has 3 heterocycles. The molecule has 5 rings (SSSR count). The highest BCUT2D eigenvalue weighted by molar-refractivity contribution is 5.92. The zero-order valence-corrected chi connectivity index (χ0v) is 18.9. The molecule has 7 nitrogen and oxygen atoms in total. The van der Waals surface area contributed by atoms with E-state index in [2.05, 4.69) is 20.3 Å². The molecule has 1 aromatic carbocycles. The van der Waals surface area contributed by atoms with Crippen molar-refractivity contribution in [2.24, 2.45) is 0 Å². The first-order chi connectivity index (χ1) is 16.3. The number of amides is 1. The van der Waals surface area contributed by atoms with Crippen LogP contribution in [0.4, 0.5) is 18.9 Å². The van der Waals surface area contributed by atoms with Crippen molar-refractivity contribution in [3.8, 4) is 0 Å². The Balaban J connectivity index is 1.36. The third-order valence-corrected chi connectivity index (χ3v) is 6.21. The van der Waals surface area contributed by atoms with Crippen LogP contribution < -0.4 is 5.32 Å². The van der Waals surface area contributed by atoms with Gasteiger partial charge < -0.3 is 10.1 Å². The number of carbonyl (C=O) groups is 1. The van der Waals surface area contributed by atoms with Crippen molar-refractivity contribution in [2.45, 2.75) is 44.9 Å². The van der Waals surface area contributed by atoms with Crippen molar-refractivity contribution in [1.82, 2.24) is 19.7 Å². The van der Waals surface area contributed by atoms with Crippen LogP contribution >= 0.6 is 0 Å². The van der Waals surface area contributed by atoms with Crippen LogP contribution in [0, 0.1) is 6.92 Å². The molecule has 0 atom stereocenters. The van der Waals surface area contributed by atoms with E-state index >= 15 is 0 Å². The maximum atomic E-state index is 13.8. The molecule has 0 radical (unpaired) electrons. The number of rotatable bonds is 6. The molecule has 1 N–H and O–H groups in total. The van der Waals surface area contributed by atoms with Gasteiger partial charge in [-0.2, -0.15) is 18.3 Å². The second kappa shape index (κ2) is 8.99. The first-order valence-electron chi connectivity index (χ1n) is 11.4. The van der Waals surface area contributed by atoms with Crippen molar-refractivity contribution in [3.63, 3.8) is 0 Å². The molecule has 0 spiro atoms. The molecule has 1 aliphatic carbocycles. The Kier molecular flexibility index (Phi) is 6.03. The van der Waals surface area contributed by atoms with Gasteiger partial charge in [-0.3, -0.25) is 9.69 Å². The summed E-state index contributed by atoms with van der Waals surface area (Å²) in [5, 5.41) is 7.04. The third-order valence-electron chi connectivity index (χ3n) is 6.21. The number of carbonyl (C=O) groups excluding carboxylic acids is 1. The first kappa shape index (κ1) is 22.8. The van der Waals surface area contributed by atoms with Gasteiger partial charge in [-0.15, -0.1) is 0 Å². The molecule has 34 heavy (non-hydrogen) atoms. The number of fused-ring (bicyclic) bond motifs is 1. The minimum Gasteiger partial charge on any atom is -0.379 e. The standard InChI is InChI=1S/C24H26F3N5O2/c1-15-22-19(24(25,26)27)12-20(17-5-6-17)29-23(22)32(30-15)14-21(33)28-18-4-2-3-16(11-18)13-31-7-9-34-10-8-31/h2-4,11-12,17H,5-10,13-14H2,1H3,(H,28,33). The van der Waals surface area contributed by atoms with Gasteiger partial charge in [0.05, 0.1) is 29.9 Å². The van der Waals surface area contributed by atoms with E-state index in [9.17, 15) is 18.0 Å². The lowest BCUT2D eigenvalue weighted by molar-refractivity contribution is -0.136. The van der Waals surface area contributed by atoms with Crippen LogP contribution in [-0.4, -0.2) is 51.9 Å². The summed E-state index contributed by atoms with van der Waals surface area (Å²) in [5.41, 5.74) is 1.68. The van der Waals surface area contributed by atoms with E-state index in [4.69, 9.17) is 4.74 Å². The van der Waals surface area contributed by atoms with Crippen LogP contribution in [0.15, 0.2) is 30.3 Å². The largest absolute Gasteiger partial charge is 0.417 e. The van der Waals surface area contributed by atoms with Gasteiger partial charge in [-0.05, 0) is 43.5 Å². The number of pyridine rings is 1. The maximum Gasteiger partial charge on any atom is 0.417 e. The Hall–Kier alpha value is -2.98. The average molecular weight is 473 g/mol. The molecule has 1 amide bonds. The third kappa shape index (κ3) is 4.92. The van der Waals surface area contributed by atoms with Crippen molar-refractivity contribution < 1.29 is 22.7 Å². The lowest BCUT2D eigenvalue weighted by Crippen LogP contribution is -2.35. The second-order valence-corrected chi connectivity index (χ2v) is 8.95. The number of alkyl halides is 3. The molecule has 3 aromatic rings. The topological polar surface area (TPSA) is 72.3 Å². The number of hydrogen-bond donors (Lipinski definition) is 1. The Morgan fingerprint density at radius 1 is 1.21 bits per heavy atom. The van der Waals surface area contributed by atoms with Crippen molar-refractivity contribution in [2.75, 3.05) is 31.6 Å². The maximum absolute atomic E-state index is 13.8. The van der Waals surface area contributed by atoms with Crippen LogP contribution in [-0.2, 0) is 28.8 Å². The summed E-state index contributed by atoms with van der Waals surface area (Å²) in [5.74, 6) is -0.336. The van der Waals surface area contributed by atoms with Crippen molar-refractivity contribution >= 4 is 22.6 Å². The number of nitrogens with one attached hydrogen (secondary N) is 1. The number of hydrogen-bond acceptors (Lipinski definition) is 5. The minimum atomic E-state index is -4.52. The average Bonchev–Trinajstić information content (AvgIpc) is 3.59. The molecule has 2 fully saturated rings. The van der Waals surface area contributed by atoms with Gasteiger partial charge in [0.1, 0.15) is 6.54 Å². The quantitative estimate of drug-likeness (QED) is 0.584. The highest BCUT2D eigenvalue weighted by Crippen LogP contribution is 2.43. The molecule has 0 unspecified atom stereocenters. The summed E-state index contributed by atoms with van der Waals surface area (Å²) in [6.07, 6.45) is -2.87. The first-order valence-corrected chi connectivity index (χ1v) is 11.4. The number of anilines is 1. The van der Waals surface area contributed by atoms with Crippen molar-refractivity contribution in [3.05, 3.63) is 52.8 Å². The Morgan fingerprint density at radius 3 is 2.68 bits per heavy atom. The summed E-state index contributed by atoms with van der Waals surface area (Å²) < 4.78 is 48.0. The molecule has 10 heteroatoms. The molecule has 2 aliphatic rings. The number of ether oxygens (including phenoxy) is 1. The molecule has 0 bridgehead atoms. The van der Waals surface area contributed by atoms with Gasteiger partial charge >= 0.3 is 6.18 Å². The minimum absolute atomic E-state index is 0.0391. The Bertz CT molecular complexity index is 1210. The zero-order valence-electron chi connectivity index (χ0n) is 18.9. The Morgan fingerprint density at radius 2 is 1.97 bits per heavy atom. The lowest BCUT2D eigenvalue weighted by Gasteiger charge is -2.26. The summed E-state index contributed by atoms with van der Waals surface area (Å²) in [7, 11) is 0. The van der Waals surface area contributed by atoms with Gasteiger partial charge in [0.25, 0.3) is 0 Å². The zero-order chi connectivity index (χ0) is 23.9. The second-order valence-electron chi connectivity index (χ2n) is 8.95. The van der Waals surface area contributed by atoms with E-state index in [1.807, 2.05) is 18.2 Å². The van der Waals surface area contributed by atoms with Crippen LogP contribution in [0.25, 0.3) is 11.0 Å². The summed E-state index contributed by atoms with van der Waals surface area (Å²) in [6, 6.07) is 8.71. The molecule has 1 saturated carbocycles. The van der Waals surface area contributed by atoms with Crippen molar-refractivity contribution in [1.29, 1.82) is 0 Å². The lowest BCUT2D eigenvalue weighted by atomic mass is 10.1. The monoisotopic (exact) mass is 473 g/mol. The van der Waals surface area contributed by atoms with E-state index in [1.165, 1.54) is 11.6 Å². The van der Waals surface area contributed by atoms with Crippen LogP contribution in [0.3, 0.4) is 0 Å². The predicted octanol–water partition coefficient (Wildman–Crippen LogP) is 4.11. The van der Waals surface area contributed by atoms with E-state index < -0.39 is 11.7 Å². The molecule has 1 saturated heterocycles. The fourth-order valence-electron chi connectivity index (χ4n) is 4.40. The highest BCUT2D eigenvalue weighted by atomic mass is 19.4. The number of nitrogens with zero attached hydrogens (tertiary/aromatic N) is 4. The predicted molar refractivity (Wildman–Crippen MR) is 120 cm³/mol. The number of aryl methyl sites for hydroxylation is 1. The summed E-state index contributed by atoms with van der Waals surface area (Å²) in [4.78, 5) is 19.6. The fourth-order valence-corrected chi connectivity index (χ4v) is 4.40. The highest BCUT2D eigenvalue weighted by Gasteiger charge is 2.37. The molecule has 1 aliphatic heterocycles. The van der Waals surface area contributed by atoms with E-state index in [1.54, 1.807) is 6.07 Å². The van der Waals surface area contributed by atoms with Gasteiger partial charge in [0, 0.05) is 36.9 Å². The number of halogens is 3. The molecule has 2 aromatic heterocycles. The van der Waals surface area contributed by atoms with E-state index in [0.717, 1.165) is 44.1 Å². The summed E-state index contributed by atoms with van der Waals surface area (Å²) in [6.45, 7) is 5.18. The Labute approximate surface area is 194 Å². The SMILES string of the molecule is Cc1nn(CC(=O)Nc2cccc(CN3CCOCC3)c2)c2nc(C3CC3)cc(C(F)(F)F)c12. The summed E-state index contributed by atoms with van der Waals surface area (Å²) >= 11 is 0. The normalized spacial score (nSPS) is 17.3. The molecular formula is C24H26F3N5O2. The van der Waals surface area contributed by atoms with Crippen LogP contribution in [0.1, 0.15) is 41.3 Å². The van der Waals surface area contributed by atoms with Gasteiger partial charge in [-0.25, -0.2) is 9.67 Å². The van der Waals surface area contributed by atoms with E-state index in [0.29, 0.717) is 24.6 Å². The van der Waals surface area contributed by atoms with E-state index in [-0.39, 0.29) is 35.1 Å². The number of morpholine rings is 1. The number of aromatic nitrogens is 3. The molecular weight excluding hydrogens is 447 g/mol. The van der Waals surface area contributed by atoms with Gasteiger partial charge in [-0.1, -0.05) is 12.1 Å². The van der Waals surface area contributed by atoms with Gasteiger partial charge in [0.15, 0.2) is 5.65 Å². The number of benzene rings is 1. The van der Waals surface area contributed by atoms with Crippen LogP contribution in [0.2, 0.25) is 0 Å². The molecule has 180 valence electrons. The fraction of sp³-hybridized carbons (Fsp3) is 0.458. The smallest absolute Gasteiger partial charge is 0.379 e.